The van der Waals surface area contributed by atoms with Crippen molar-refractivity contribution in [1.29, 1.82) is 0 Å². The maximum Gasteiger partial charge on any atom is 0.326 e. The average molecular weight is 250 g/mol. The molecule has 0 spiro atoms. The summed E-state index contributed by atoms with van der Waals surface area (Å²) in [7, 11) is 1.46. The Labute approximate surface area is 104 Å². The van der Waals surface area contributed by atoms with Crippen molar-refractivity contribution < 1.29 is 19.4 Å². The fraction of sp³-hybridized carbons (Fsp3) is 0.250. The van der Waals surface area contributed by atoms with Crippen LogP contribution in [0.15, 0.2) is 31.0 Å². The Morgan fingerprint density at radius 1 is 1.61 bits per heavy atom. The summed E-state index contributed by atoms with van der Waals surface area (Å²) in [5, 5.41) is 11.3. The van der Waals surface area contributed by atoms with E-state index in [-0.39, 0.29) is 12.0 Å². The molecule has 0 aromatic carbocycles. The molecule has 1 aromatic rings. The molecule has 0 aliphatic heterocycles. The number of hydrogen-bond acceptors (Lipinski definition) is 4. The minimum absolute atomic E-state index is 0.157. The Balaban J connectivity index is 2.73. The second-order valence-corrected chi connectivity index (χ2v) is 3.48. The molecule has 0 saturated heterocycles. The molecule has 1 atom stereocenters. The predicted octanol–water partition coefficient (Wildman–Crippen LogP) is 0.849. The van der Waals surface area contributed by atoms with Gasteiger partial charge in [0.1, 0.15) is 6.04 Å². The van der Waals surface area contributed by atoms with Crippen LogP contribution in [0, 0.1) is 0 Å². The molecule has 1 heterocycles. The van der Waals surface area contributed by atoms with E-state index in [1.54, 1.807) is 0 Å². The zero-order valence-electron chi connectivity index (χ0n) is 9.92. The van der Waals surface area contributed by atoms with Crippen molar-refractivity contribution in [2.24, 2.45) is 0 Å². The number of nitrogens with zero attached hydrogens (tertiary/aromatic N) is 1. The Morgan fingerprint density at radius 3 is 2.78 bits per heavy atom. The van der Waals surface area contributed by atoms with Crippen LogP contribution in [-0.4, -0.2) is 35.1 Å². The highest BCUT2D eigenvalue weighted by Gasteiger charge is 2.19. The molecule has 0 aliphatic carbocycles. The SMILES string of the molecule is C=CCC(NC(=O)c1ccc(OC)nc1)C(=O)O. The average Bonchev–Trinajstić information content (AvgIpc) is 2.38. The first kappa shape index (κ1) is 13.7. The molecule has 0 aliphatic rings. The number of methoxy groups -OCH3 is 1. The van der Waals surface area contributed by atoms with Crippen LogP contribution in [0.2, 0.25) is 0 Å². The van der Waals surface area contributed by atoms with Gasteiger partial charge in [0.25, 0.3) is 5.91 Å². The zero-order valence-corrected chi connectivity index (χ0v) is 9.92. The number of carbonyl (C=O) groups excluding carboxylic acids is 1. The van der Waals surface area contributed by atoms with Crippen molar-refractivity contribution in [3.05, 3.63) is 36.5 Å². The minimum Gasteiger partial charge on any atom is -0.481 e. The quantitative estimate of drug-likeness (QED) is 0.731. The molecule has 0 radical (unpaired) electrons. The first-order chi connectivity index (χ1) is 8.58. The van der Waals surface area contributed by atoms with Crippen molar-refractivity contribution in [2.75, 3.05) is 7.11 Å². The smallest absolute Gasteiger partial charge is 0.326 e. The third-order valence-corrected chi connectivity index (χ3v) is 2.21. The van der Waals surface area contributed by atoms with E-state index in [4.69, 9.17) is 9.84 Å². The van der Waals surface area contributed by atoms with E-state index >= 15 is 0 Å². The lowest BCUT2D eigenvalue weighted by Gasteiger charge is -2.12. The van der Waals surface area contributed by atoms with Gasteiger partial charge in [0, 0.05) is 12.3 Å². The van der Waals surface area contributed by atoms with Gasteiger partial charge >= 0.3 is 5.97 Å². The van der Waals surface area contributed by atoms with Gasteiger partial charge in [-0.3, -0.25) is 4.79 Å². The highest BCUT2D eigenvalue weighted by Crippen LogP contribution is 2.07. The Hall–Kier alpha value is -2.37. The van der Waals surface area contributed by atoms with Crippen molar-refractivity contribution in [1.82, 2.24) is 10.3 Å². The Kier molecular flexibility index (Phi) is 4.86. The van der Waals surface area contributed by atoms with Crippen LogP contribution in [0.3, 0.4) is 0 Å². The largest absolute Gasteiger partial charge is 0.481 e. The third kappa shape index (κ3) is 3.58. The predicted molar refractivity (Wildman–Crippen MR) is 64.5 cm³/mol. The number of amides is 1. The molecule has 96 valence electrons. The fourth-order valence-electron chi connectivity index (χ4n) is 1.27. The van der Waals surface area contributed by atoms with E-state index in [1.165, 1.54) is 31.5 Å². The summed E-state index contributed by atoms with van der Waals surface area (Å²) in [4.78, 5) is 26.5. The maximum atomic E-state index is 11.7. The number of carbonyl (C=O) groups is 2. The van der Waals surface area contributed by atoms with E-state index in [2.05, 4.69) is 16.9 Å². The Bertz CT molecular complexity index is 442. The van der Waals surface area contributed by atoms with E-state index in [9.17, 15) is 9.59 Å². The molecule has 6 nitrogen and oxygen atoms in total. The number of nitrogens with one attached hydrogen (secondary N) is 1. The van der Waals surface area contributed by atoms with Crippen molar-refractivity contribution in [2.45, 2.75) is 12.5 Å². The number of ether oxygens (including phenoxy) is 1. The van der Waals surface area contributed by atoms with Crippen LogP contribution in [-0.2, 0) is 4.79 Å². The number of carboxylic acid groups (broad SMARTS) is 1. The summed E-state index contributed by atoms with van der Waals surface area (Å²) >= 11 is 0. The second-order valence-electron chi connectivity index (χ2n) is 3.48. The summed E-state index contributed by atoms with van der Waals surface area (Å²) < 4.78 is 4.86. The summed E-state index contributed by atoms with van der Waals surface area (Å²) in [6.45, 7) is 3.44. The molecular weight excluding hydrogens is 236 g/mol. The molecule has 6 heteroatoms. The lowest BCUT2D eigenvalue weighted by molar-refractivity contribution is -0.139. The summed E-state index contributed by atoms with van der Waals surface area (Å²) in [5.41, 5.74) is 0.270. The van der Waals surface area contributed by atoms with Gasteiger partial charge in [0.2, 0.25) is 5.88 Å². The van der Waals surface area contributed by atoms with Gasteiger partial charge in [0.05, 0.1) is 12.7 Å². The highest BCUT2D eigenvalue weighted by atomic mass is 16.5. The van der Waals surface area contributed by atoms with Gasteiger partial charge in [-0.05, 0) is 12.5 Å². The molecule has 0 saturated carbocycles. The number of aliphatic carboxylic acids is 1. The van der Waals surface area contributed by atoms with Gasteiger partial charge in [-0.2, -0.15) is 0 Å². The van der Waals surface area contributed by atoms with Gasteiger partial charge in [0.15, 0.2) is 0 Å². The Morgan fingerprint density at radius 2 is 2.33 bits per heavy atom. The lowest BCUT2D eigenvalue weighted by atomic mass is 10.2. The maximum absolute atomic E-state index is 11.7. The number of pyridine rings is 1. The molecule has 1 amide bonds. The molecule has 1 unspecified atom stereocenters. The standard InChI is InChI=1S/C12H14N2O4/c1-3-4-9(12(16)17)14-11(15)8-5-6-10(18-2)13-7-8/h3,5-7,9H,1,4H2,2H3,(H,14,15)(H,16,17). The molecule has 1 rings (SSSR count). The van der Waals surface area contributed by atoms with Crippen molar-refractivity contribution >= 4 is 11.9 Å². The van der Waals surface area contributed by atoms with Crippen LogP contribution in [0.5, 0.6) is 5.88 Å². The normalized spacial score (nSPS) is 11.4. The second kappa shape index (κ2) is 6.39. The molecule has 0 bridgehead atoms. The van der Waals surface area contributed by atoms with Crippen LogP contribution >= 0.6 is 0 Å². The van der Waals surface area contributed by atoms with Gasteiger partial charge in [-0.15, -0.1) is 6.58 Å². The topological polar surface area (TPSA) is 88.5 Å². The molecule has 2 N–H and O–H groups in total. The van der Waals surface area contributed by atoms with Crippen LogP contribution in [0.25, 0.3) is 0 Å². The summed E-state index contributed by atoms with van der Waals surface area (Å²) in [6, 6.07) is 2.05. The summed E-state index contributed by atoms with van der Waals surface area (Å²) in [5.74, 6) is -1.23. The fourth-order valence-corrected chi connectivity index (χ4v) is 1.27. The molecular formula is C12H14N2O4. The highest BCUT2D eigenvalue weighted by molar-refractivity contribution is 5.96. The lowest BCUT2D eigenvalue weighted by Crippen LogP contribution is -2.40. The first-order valence-corrected chi connectivity index (χ1v) is 5.23. The van der Waals surface area contributed by atoms with Crippen LogP contribution in [0.4, 0.5) is 0 Å². The summed E-state index contributed by atoms with van der Waals surface area (Å²) in [6.07, 6.45) is 2.91. The van der Waals surface area contributed by atoms with Gasteiger partial charge in [-0.1, -0.05) is 6.08 Å². The monoisotopic (exact) mass is 250 g/mol. The molecule has 18 heavy (non-hydrogen) atoms. The number of rotatable bonds is 6. The number of carboxylic acids is 1. The minimum atomic E-state index is -1.11. The molecule has 1 aromatic heterocycles. The zero-order chi connectivity index (χ0) is 13.5. The van der Waals surface area contributed by atoms with E-state index < -0.39 is 17.9 Å². The number of hydrogen-bond donors (Lipinski definition) is 2. The number of aromatic nitrogens is 1. The van der Waals surface area contributed by atoms with Crippen LogP contribution in [0.1, 0.15) is 16.8 Å². The van der Waals surface area contributed by atoms with Gasteiger partial charge < -0.3 is 15.2 Å². The van der Waals surface area contributed by atoms with Crippen molar-refractivity contribution in [3.8, 4) is 5.88 Å². The molecule has 0 fully saturated rings. The van der Waals surface area contributed by atoms with E-state index in [1.807, 2.05) is 0 Å². The third-order valence-electron chi connectivity index (χ3n) is 2.21. The first-order valence-electron chi connectivity index (χ1n) is 5.23. The van der Waals surface area contributed by atoms with E-state index in [0.717, 1.165) is 0 Å². The van der Waals surface area contributed by atoms with E-state index in [0.29, 0.717) is 5.88 Å². The van der Waals surface area contributed by atoms with Crippen LogP contribution < -0.4 is 10.1 Å². The van der Waals surface area contributed by atoms with Gasteiger partial charge in [-0.25, -0.2) is 9.78 Å². The van der Waals surface area contributed by atoms with Crippen molar-refractivity contribution in [3.63, 3.8) is 0 Å².